The van der Waals surface area contributed by atoms with Gasteiger partial charge < -0.3 is 5.32 Å². The smallest absolute Gasteiger partial charge is 0.269 e. The highest BCUT2D eigenvalue weighted by Crippen LogP contribution is 2.26. The maximum absolute atomic E-state index is 13.9. The van der Waals surface area contributed by atoms with Crippen LogP contribution < -0.4 is 5.32 Å². The van der Waals surface area contributed by atoms with Crippen molar-refractivity contribution in [3.63, 3.8) is 0 Å². The number of amides is 1. The van der Waals surface area contributed by atoms with Crippen LogP contribution in [-0.2, 0) is 6.54 Å². The fourth-order valence-electron chi connectivity index (χ4n) is 2.68. The van der Waals surface area contributed by atoms with Gasteiger partial charge in [-0.15, -0.1) is 0 Å². The van der Waals surface area contributed by atoms with Gasteiger partial charge in [0.25, 0.3) is 5.91 Å². The Morgan fingerprint density at radius 2 is 2.00 bits per heavy atom. The largest absolute Gasteiger partial charge is 0.349 e. The molecule has 3 heterocycles. The summed E-state index contributed by atoms with van der Waals surface area (Å²) in [5.74, 6) is -0.445. The first-order valence-electron chi connectivity index (χ1n) is 7.30. The van der Waals surface area contributed by atoms with Gasteiger partial charge >= 0.3 is 0 Å². The molecule has 1 amide bonds. The highest BCUT2D eigenvalue weighted by Gasteiger charge is 2.20. The second-order valence-electron chi connectivity index (χ2n) is 5.30. The van der Waals surface area contributed by atoms with E-state index in [0.717, 1.165) is 5.56 Å². The minimum Gasteiger partial charge on any atom is -0.349 e. The summed E-state index contributed by atoms with van der Waals surface area (Å²) in [5, 5.41) is 7.25. The van der Waals surface area contributed by atoms with Crippen LogP contribution in [0.2, 0.25) is 0 Å². The van der Waals surface area contributed by atoms with Crippen molar-refractivity contribution in [3.8, 4) is 22.5 Å². The lowest BCUT2D eigenvalue weighted by atomic mass is 10.1. The van der Waals surface area contributed by atoms with Crippen molar-refractivity contribution in [1.82, 2.24) is 20.1 Å². The summed E-state index contributed by atoms with van der Waals surface area (Å²) in [7, 11) is 0. The number of aromatic nitrogens is 3. The molecular formula is C17H13FN4O. The molecule has 114 valence electrons. The Morgan fingerprint density at radius 3 is 2.83 bits per heavy atom. The summed E-state index contributed by atoms with van der Waals surface area (Å²) in [5.41, 5.74) is 2.99. The lowest BCUT2D eigenvalue weighted by molar-refractivity contribution is 0.0924. The number of nitrogens with zero attached hydrogens (tertiary/aromatic N) is 3. The predicted octanol–water partition coefficient (Wildman–Crippen LogP) is 2.49. The number of carbonyl (C=O) groups is 1. The zero-order valence-electron chi connectivity index (χ0n) is 12.2. The standard InChI is InChI=1S/C17H13FN4O/c18-13-4-2-1-3-12(13)15-9-11(5-6-19-15)14-10-16-17(23)20-7-8-22(16)21-14/h1-6,9-10H,7-8H2,(H,20,23). The van der Waals surface area contributed by atoms with E-state index < -0.39 is 0 Å². The number of rotatable bonds is 2. The van der Waals surface area contributed by atoms with Gasteiger partial charge in [-0.3, -0.25) is 14.5 Å². The van der Waals surface area contributed by atoms with Gasteiger partial charge in [-0.25, -0.2) is 4.39 Å². The monoisotopic (exact) mass is 308 g/mol. The molecule has 0 aliphatic carbocycles. The third-order valence-electron chi connectivity index (χ3n) is 3.83. The Labute approximate surface area is 131 Å². The van der Waals surface area contributed by atoms with Gasteiger partial charge in [0.1, 0.15) is 11.5 Å². The number of hydrogen-bond acceptors (Lipinski definition) is 3. The number of pyridine rings is 1. The number of halogens is 1. The molecule has 4 rings (SSSR count). The van der Waals surface area contributed by atoms with Crippen molar-refractivity contribution >= 4 is 5.91 Å². The Kier molecular flexibility index (Phi) is 3.15. The molecule has 2 aromatic heterocycles. The quantitative estimate of drug-likeness (QED) is 0.791. The molecular weight excluding hydrogens is 295 g/mol. The average Bonchev–Trinajstić information content (AvgIpc) is 3.01. The molecule has 0 fully saturated rings. The third-order valence-corrected chi connectivity index (χ3v) is 3.83. The van der Waals surface area contributed by atoms with Gasteiger partial charge in [-0.05, 0) is 30.3 Å². The molecule has 6 heteroatoms. The molecule has 3 aromatic rings. The van der Waals surface area contributed by atoms with E-state index in [-0.39, 0.29) is 11.7 Å². The molecule has 0 spiro atoms. The van der Waals surface area contributed by atoms with Crippen LogP contribution in [0, 0.1) is 5.82 Å². The highest BCUT2D eigenvalue weighted by atomic mass is 19.1. The number of nitrogens with one attached hydrogen (secondary N) is 1. The maximum atomic E-state index is 13.9. The molecule has 0 unspecified atom stereocenters. The van der Waals surface area contributed by atoms with E-state index in [1.807, 2.05) is 0 Å². The first-order valence-corrected chi connectivity index (χ1v) is 7.30. The van der Waals surface area contributed by atoms with Gasteiger partial charge in [0.05, 0.1) is 17.9 Å². The Balaban J connectivity index is 1.78. The SMILES string of the molecule is O=C1NCCn2nc(-c3ccnc(-c4ccccc4F)c3)cc21. The molecule has 0 saturated carbocycles. The van der Waals surface area contributed by atoms with Crippen molar-refractivity contribution in [1.29, 1.82) is 0 Å². The minimum absolute atomic E-state index is 0.126. The molecule has 1 N–H and O–H groups in total. The normalized spacial score (nSPS) is 13.5. The van der Waals surface area contributed by atoms with Crippen LogP contribution >= 0.6 is 0 Å². The van der Waals surface area contributed by atoms with E-state index in [2.05, 4.69) is 15.4 Å². The summed E-state index contributed by atoms with van der Waals surface area (Å²) in [6.45, 7) is 1.22. The van der Waals surface area contributed by atoms with Gasteiger partial charge in [0.2, 0.25) is 0 Å². The molecule has 0 bridgehead atoms. The molecule has 1 aliphatic rings. The second kappa shape index (κ2) is 5.31. The van der Waals surface area contributed by atoms with Crippen LogP contribution in [0.25, 0.3) is 22.5 Å². The van der Waals surface area contributed by atoms with Crippen molar-refractivity contribution in [3.05, 3.63) is 60.2 Å². The Hall–Kier alpha value is -3.02. The topological polar surface area (TPSA) is 59.8 Å². The molecule has 5 nitrogen and oxygen atoms in total. The number of fused-ring (bicyclic) bond motifs is 1. The predicted molar refractivity (Wildman–Crippen MR) is 83.2 cm³/mol. The second-order valence-corrected chi connectivity index (χ2v) is 5.30. The zero-order chi connectivity index (χ0) is 15.8. The van der Waals surface area contributed by atoms with Gasteiger partial charge in [0, 0.05) is 23.9 Å². The van der Waals surface area contributed by atoms with Crippen LogP contribution in [0.1, 0.15) is 10.5 Å². The van der Waals surface area contributed by atoms with Crippen LogP contribution in [0.15, 0.2) is 48.7 Å². The molecule has 1 aliphatic heterocycles. The average molecular weight is 308 g/mol. The summed E-state index contributed by atoms with van der Waals surface area (Å²) >= 11 is 0. The maximum Gasteiger partial charge on any atom is 0.269 e. The Morgan fingerprint density at radius 1 is 1.13 bits per heavy atom. The molecule has 0 saturated heterocycles. The summed E-state index contributed by atoms with van der Waals surface area (Å²) in [6.07, 6.45) is 1.62. The fraction of sp³-hybridized carbons (Fsp3) is 0.118. The highest BCUT2D eigenvalue weighted by molar-refractivity contribution is 5.94. The number of benzene rings is 1. The van der Waals surface area contributed by atoms with E-state index in [1.165, 1.54) is 6.07 Å². The first-order chi connectivity index (χ1) is 11.2. The Bertz CT molecular complexity index is 903. The molecule has 23 heavy (non-hydrogen) atoms. The number of carbonyl (C=O) groups excluding carboxylic acids is 1. The fourth-order valence-corrected chi connectivity index (χ4v) is 2.68. The third kappa shape index (κ3) is 2.38. The lowest BCUT2D eigenvalue weighted by Gasteiger charge is -2.13. The lowest BCUT2D eigenvalue weighted by Crippen LogP contribution is -2.35. The van der Waals surface area contributed by atoms with Gasteiger partial charge in [-0.2, -0.15) is 5.10 Å². The van der Waals surface area contributed by atoms with E-state index in [4.69, 9.17) is 0 Å². The molecule has 0 atom stereocenters. The number of hydrogen-bond donors (Lipinski definition) is 1. The van der Waals surface area contributed by atoms with E-state index >= 15 is 0 Å². The van der Waals surface area contributed by atoms with E-state index in [0.29, 0.717) is 35.7 Å². The van der Waals surface area contributed by atoms with Crippen LogP contribution in [0.3, 0.4) is 0 Å². The van der Waals surface area contributed by atoms with Crippen LogP contribution in [-0.4, -0.2) is 27.2 Å². The van der Waals surface area contributed by atoms with Crippen molar-refractivity contribution < 1.29 is 9.18 Å². The van der Waals surface area contributed by atoms with Gasteiger partial charge in [-0.1, -0.05) is 12.1 Å². The summed E-state index contributed by atoms with van der Waals surface area (Å²) in [6, 6.07) is 11.8. The van der Waals surface area contributed by atoms with Crippen LogP contribution in [0.5, 0.6) is 0 Å². The van der Waals surface area contributed by atoms with Crippen molar-refractivity contribution in [2.24, 2.45) is 0 Å². The first kappa shape index (κ1) is 13.6. The summed E-state index contributed by atoms with van der Waals surface area (Å²) in [4.78, 5) is 16.1. The van der Waals surface area contributed by atoms with E-state index in [1.54, 1.807) is 47.3 Å². The van der Waals surface area contributed by atoms with Crippen LogP contribution in [0.4, 0.5) is 4.39 Å². The zero-order valence-corrected chi connectivity index (χ0v) is 12.2. The summed E-state index contributed by atoms with van der Waals surface area (Å²) < 4.78 is 15.6. The molecule has 0 radical (unpaired) electrons. The van der Waals surface area contributed by atoms with Gasteiger partial charge in [0.15, 0.2) is 0 Å². The molecule has 1 aromatic carbocycles. The van der Waals surface area contributed by atoms with E-state index in [9.17, 15) is 9.18 Å². The van der Waals surface area contributed by atoms with Crippen molar-refractivity contribution in [2.75, 3.05) is 6.54 Å². The minimum atomic E-state index is -0.319. The van der Waals surface area contributed by atoms with Crippen molar-refractivity contribution in [2.45, 2.75) is 6.54 Å².